The van der Waals surface area contributed by atoms with E-state index in [0.29, 0.717) is 34.3 Å². The fourth-order valence-electron chi connectivity index (χ4n) is 4.83. The Bertz CT molecular complexity index is 2200. The average molecular weight is 868 g/mol. The number of isothiocyanates is 1. The zero-order valence-corrected chi connectivity index (χ0v) is 32.2. The number of aromatic nitrogens is 8. The SMILES string of the molecule is CCCCCCc1ccsc1-c1ccnc(-c2cc(C(F)(F)F)n[n-]2)c1.[C-]#[N+]/C(=C/c1cc(-c2ncccn2)nc(-c2ncccn2)c1)C(=O)O.[N-]=C=S.[Ru+2]. The first-order chi connectivity index (χ1) is 26.1. The summed E-state index contributed by atoms with van der Waals surface area (Å²) in [5.74, 6) is -0.564. The molecule has 0 aliphatic heterocycles. The zero-order chi connectivity index (χ0) is 38.9. The second-order valence-electron chi connectivity index (χ2n) is 11.0. The second-order valence-corrected chi connectivity index (χ2v) is 12.1. The maximum Gasteiger partial charge on any atom is 2.00 e. The Morgan fingerprint density at radius 1 is 0.964 bits per heavy atom. The molecular formula is C37H29F3N10O2RuS2. The van der Waals surface area contributed by atoms with E-state index in [0.717, 1.165) is 29.3 Å². The van der Waals surface area contributed by atoms with Gasteiger partial charge in [0.25, 0.3) is 5.70 Å². The number of rotatable bonds is 11. The van der Waals surface area contributed by atoms with Crippen molar-refractivity contribution < 1.29 is 42.6 Å². The minimum atomic E-state index is -4.50. The third-order valence-corrected chi connectivity index (χ3v) is 8.25. The minimum Gasteiger partial charge on any atom is -0.753 e. The topological polar surface area (TPSA) is 168 Å². The van der Waals surface area contributed by atoms with E-state index in [9.17, 15) is 18.0 Å². The van der Waals surface area contributed by atoms with Crippen LogP contribution in [0.4, 0.5) is 13.2 Å². The van der Waals surface area contributed by atoms with Crippen molar-refractivity contribution in [2.45, 2.75) is 45.2 Å². The van der Waals surface area contributed by atoms with Crippen molar-refractivity contribution in [1.29, 1.82) is 0 Å². The van der Waals surface area contributed by atoms with Gasteiger partial charge in [0, 0.05) is 35.9 Å². The summed E-state index contributed by atoms with van der Waals surface area (Å²) < 4.78 is 38.2. The number of pyridine rings is 2. The van der Waals surface area contributed by atoms with Gasteiger partial charge >= 0.3 is 31.6 Å². The molecule has 0 unspecified atom stereocenters. The van der Waals surface area contributed by atoms with Crippen LogP contribution in [0, 0.1) is 6.57 Å². The fourth-order valence-corrected chi connectivity index (χ4v) is 5.78. The van der Waals surface area contributed by atoms with Gasteiger partial charge in [-0.05, 0) is 89.5 Å². The van der Waals surface area contributed by atoms with Gasteiger partial charge in [-0.1, -0.05) is 44.1 Å². The number of alkyl halides is 3. The van der Waals surface area contributed by atoms with Crippen molar-refractivity contribution in [3.8, 4) is 44.9 Å². The van der Waals surface area contributed by atoms with Crippen LogP contribution in [-0.4, -0.2) is 51.2 Å². The monoisotopic (exact) mass is 868 g/mol. The summed E-state index contributed by atoms with van der Waals surface area (Å²) in [5.41, 5.74) is 2.67. The van der Waals surface area contributed by atoms with Crippen molar-refractivity contribution in [3.05, 3.63) is 124 Å². The number of thiophene rings is 1. The van der Waals surface area contributed by atoms with Crippen LogP contribution >= 0.6 is 23.6 Å². The van der Waals surface area contributed by atoms with Crippen molar-refractivity contribution in [1.82, 2.24) is 40.1 Å². The molecule has 0 saturated carbocycles. The fraction of sp³-hybridized carbons (Fsp3) is 0.189. The van der Waals surface area contributed by atoms with Gasteiger partial charge in [-0.2, -0.15) is 18.3 Å². The minimum absolute atomic E-state index is 0. The third-order valence-electron chi connectivity index (χ3n) is 7.24. The first-order valence-corrected chi connectivity index (χ1v) is 17.4. The number of aryl methyl sites for hydroxylation is 1. The second kappa shape index (κ2) is 21.9. The number of unbranched alkanes of at least 4 members (excludes halogenated alkanes) is 3. The van der Waals surface area contributed by atoms with Gasteiger partial charge in [0.15, 0.2) is 11.6 Å². The van der Waals surface area contributed by atoms with E-state index in [2.05, 4.69) is 75.5 Å². The molecule has 18 heteroatoms. The summed E-state index contributed by atoms with van der Waals surface area (Å²) in [6.07, 6.45) is 10.5. The smallest absolute Gasteiger partial charge is 0.753 e. The number of carbonyl (C=O) groups is 1. The largest absolute Gasteiger partial charge is 2.00 e. The van der Waals surface area contributed by atoms with E-state index in [1.807, 2.05) is 6.07 Å². The van der Waals surface area contributed by atoms with E-state index in [4.69, 9.17) is 17.1 Å². The molecule has 6 rings (SSSR count). The molecule has 0 amide bonds. The molecule has 1 N–H and O–H groups in total. The molecule has 0 saturated heterocycles. The maximum absolute atomic E-state index is 12.7. The zero-order valence-electron chi connectivity index (χ0n) is 28.8. The predicted octanol–water partition coefficient (Wildman–Crippen LogP) is 8.97. The van der Waals surface area contributed by atoms with Crippen molar-refractivity contribution in [2.75, 3.05) is 0 Å². The molecule has 0 aliphatic carbocycles. The van der Waals surface area contributed by atoms with E-state index in [1.54, 1.807) is 72.7 Å². The van der Waals surface area contributed by atoms with Crippen LogP contribution in [0.3, 0.4) is 0 Å². The summed E-state index contributed by atoms with van der Waals surface area (Å²) >= 11 is 5.34. The summed E-state index contributed by atoms with van der Waals surface area (Å²) in [6.45, 7) is 9.17. The Morgan fingerprint density at radius 2 is 1.58 bits per heavy atom. The number of nitrogens with zero attached hydrogens (tertiary/aromatic N) is 10. The molecule has 0 fully saturated rings. The van der Waals surface area contributed by atoms with Gasteiger partial charge in [-0.15, -0.1) is 11.3 Å². The summed E-state index contributed by atoms with van der Waals surface area (Å²) in [7, 11) is 0. The van der Waals surface area contributed by atoms with Crippen LogP contribution in [0.2, 0.25) is 0 Å². The summed E-state index contributed by atoms with van der Waals surface area (Å²) in [5, 5.41) is 26.4. The molecule has 0 bridgehead atoms. The Balaban J connectivity index is 0.000000271. The molecule has 12 nitrogen and oxygen atoms in total. The first kappa shape index (κ1) is 43.7. The standard InChI is InChI=1S/C19H19F3N3S.C17H10N6O2.CNS.Ru/c1-2-3-4-5-6-13-8-10-26-18(13)14-7-9-23-15(11-14)16-12-17(25-24-16)19(20,21)22;1-18-14(17(24)25)10-11-8-12(15-19-4-2-5-20-15)23-13(9-11)16-21-6-3-7-22-16;2-1-3;/h7-12H,2-6H2,1H3;2-10H,(H,24,25);;/q-1;;-1;+2/b;14-10+;;. The molecule has 0 aromatic carbocycles. The predicted molar refractivity (Wildman–Crippen MR) is 201 cm³/mol. The normalized spacial score (nSPS) is 10.7. The molecule has 280 valence electrons. The van der Waals surface area contributed by atoms with Gasteiger partial charge in [0.1, 0.15) is 17.1 Å². The number of hydrogen-bond acceptors (Lipinski definition) is 10. The quantitative estimate of drug-likeness (QED) is 0.0330. The van der Waals surface area contributed by atoms with Gasteiger partial charge in [-0.3, -0.25) is 9.78 Å². The maximum atomic E-state index is 12.7. The number of hydrogen-bond donors (Lipinski definition) is 1. The van der Waals surface area contributed by atoms with Crippen LogP contribution in [0.5, 0.6) is 0 Å². The molecule has 6 heterocycles. The van der Waals surface area contributed by atoms with E-state index in [1.165, 1.54) is 36.1 Å². The third kappa shape index (κ3) is 13.0. The Morgan fingerprint density at radius 3 is 2.11 bits per heavy atom. The van der Waals surface area contributed by atoms with Crippen LogP contribution in [0.1, 0.15) is 49.4 Å². The van der Waals surface area contributed by atoms with Gasteiger partial charge in [0.05, 0.1) is 12.3 Å². The summed E-state index contributed by atoms with van der Waals surface area (Å²) in [6, 6.07) is 13.3. The molecule has 55 heavy (non-hydrogen) atoms. The van der Waals surface area contributed by atoms with Gasteiger partial charge in [0.2, 0.25) is 0 Å². The van der Waals surface area contributed by atoms with E-state index >= 15 is 0 Å². The number of thiocarbonyl (C=S) groups is 1. The molecule has 0 aliphatic rings. The first-order valence-electron chi connectivity index (χ1n) is 16.1. The molecule has 0 spiro atoms. The number of carboxylic acid groups (broad SMARTS) is 1. The van der Waals surface area contributed by atoms with Gasteiger partial charge < -0.3 is 20.7 Å². The average Bonchev–Trinajstić information content (AvgIpc) is 3.88. The Labute approximate surface area is 336 Å². The number of halogens is 3. The molecule has 6 aromatic rings. The molecular weight excluding hydrogens is 839 g/mol. The van der Waals surface area contributed by atoms with Gasteiger partial charge in [-0.25, -0.2) is 29.8 Å². The molecule has 0 atom stereocenters. The van der Waals surface area contributed by atoms with Crippen molar-refractivity contribution in [2.24, 2.45) is 0 Å². The van der Waals surface area contributed by atoms with E-state index in [-0.39, 0.29) is 25.2 Å². The van der Waals surface area contributed by atoms with E-state index < -0.39 is 23.5 Å². The molecule has 6 aromatic heterocycles. The molecule has 0 radical (unpaired) electrons. The summed E-state index contributed by atoms with van der Waals surface area (Å²) in [4.78, 5) is 40.5. The van der Waals surface area contributed by atoms with Crippen molar-refractivity contribution >= 4 is 40.8 Å². The van der Waals surface area contributed by atoms with Crippen LogP contribution < -0.4 is 5.10 Å². The Kier molecular flexibility index (Phi) is 17.4. The van der Waals surface area contributed by atoms with Crippen LogP contribution in [0.25, 0.3) is 61.2 Å². The van der Waals surface area contributed by atoms with Crippen LogP contribution in [-0.2, 0) is 36.9 Å². The van der Waals surface area contributed by atoms with Crippen molar-refractivity contribution in [3.63, 3.8) is 0 Å². The number of aliphatic carboxylic acids is 1. The number of carboxylic acids is 1. The van der Waals surface area contributed by atoms with Crippen LogP contribution in [0.15, 0.2) is 90.6 Å². The Hall–Kier alpha value is -5.72.